The number of aromatic nitrogens is 6. The lowest BCUT2D eigenvalue weighted by Gasteiger charge is -2.08. The van der Waals surface area contributed by atoms with Crippen LogP contribution in [0, 0.1) is 6.92 Å². The Labute approximate surface area is 148 Å². The van der Waals surface area contributed by atoms with E-state index in [9.17, 15) is 0 Å². The number of aryl methyl sites for hydroxylation is 1. The molecular formula is C17H16N6OS. The van der Waals surface area contributed by atoms with Crippen molar-refractivity contribution in [3.63, 3.8) is 0 Å². The van der Waals surface area contributed by atoms with Crippen LogP contribution in [0.2, 0.25) is 0 Å². The van der Waals surface area contributed by atoms with E-state index in [0.717, 1.165) is 28.3 Å². The SMILES string of the molecule is COc1ccccc1-n1nnnc1SCc1cn2cccc(C)c2n1. The fourth-order valence-corrected chi connectivity index (χ4v) is 3.40. The molecule has 3 heterocycles. The third-order valence-corrected chi connectivity index (χ3v) is 4.78. The highest BCUT2D eigenvalue weighted by Gasteiger charge is 2.14. The molecule has 0 spiro atoms. The number of ether oxygens (including phenoxy) is 1. The van der Waals surface area contributed by atoms with Gasteiger partial charge in [0.15, 0.2) is 0 Å². The third kappa shape index (κ3) is 2.96. The van der Waals surface area contributed by atoms with Gasteiger partial charge in [0.25, 0.3) is 0 Å². The highest BCUT2D eigenvalue weighted by Crippen LogP contribution is 2.27. The first-order valence-corrected chi connectivity index (χ1v) is 8.72. The molecule has 0 aliphatic rings. The Bertz CT molecular complexity index is 1020. The van der Waals surface area contributed by atoms with Crippen LogP contribution in [0.15, 0.2) is 53.9 Å². The molecule has 0 atom stereocenters. The molecule has 3 aromatic heterocycles. The zero-order chi connectivity index (χ0) is 17.2. The van der Waals surface area contributed by atoms with Crippen LogP contribution in [0.4, 0.5) is 0 Å². The van der Waals surface area contributed by atoms with Gasteiger partial charge in [0.1, 0.15) is 17.1 Å². The van der Waals surface area contributed by atoms with Crippen LogP contribution >= 0.6 is 11.8 Å². The maximum atomic E-state index is 5.40. The largest absolute Gasteiger partial charge is 0.494 e. The molecule has 0 saturated carbocycles. The van der Waals surface area contributed by atoms with Crippen molar-refractivity contribution in [1.82, 2.24) is 29.6 Å². The summed E-state index contributed by atoms with van der Waals surface area (Å²) in [5.41, 5.74) is 3.91. The van der Waals surface area contributed by atoms with E-state index in [1.54, 1.807) is 11.8 Å². The summed E-state index contributed by atoms with van der Waals surface area (Å²) in [6.45, 7) is 2.06. The van der Waals surface area contributed by atoms with Gasteiger partial charge in [-0.3, -0.25) is 0 Å². The zero-order valence-electron chi connectivity index (χ0n) is 13.8. The van der Waals surface area contributed by atoms with Gasteiger partial charge in [0.05, 0.1) is 12.8 Å². The monoisotopic (exact) mass is 352 g/mol. The molecule has 126 valence electrons. The van der Waals surface area contributed by atoms with E-state index in [-0.39, 0.29) is 0 Å². The van der Waals surface area contributed by atoms with E-state index in [4.69, 9.17) is 4.74 Å². The lowest BCUT2D eigenvalue weighted by molar-refractivity contribution is 0.410. The number of para-hydroxylation sites is 2. The van der Waals surface area contributed by atoms with Crippen molar-refractivity contribution in [2.45, 2.75) is 17.8 Å². The summed E-state index contributed by atoms with van der Waals surface area (Å²) in [4.78, 5) is 4.69. The lowest BCUT2D eigenvalue weighted by Crippen LogP contribution is -2.01. The number of thioether (sulfide) groups is 1. The Hall–Kier alpha value is -2.87. The molecular weight excluding hydrogens is 336 g/mol. The van der Waals surface area contributed by atoms with E-state index < -0.39 is 0 Å². The zero-order valence-corrected chi connectivity index (χ0v) is 14.6. The van der Waals surface area contributed by atoms with Gasteiger partial charge in [-0.15, -0.1) is 5.10 Å². The van der Waals surface area contributed by atoms with E-state index in [1.165, 1.54) is 11.8 Å². The molecule has 0 bridgehead atoms. The number of tetrazole rings is 1. The number of methoxy groups -OCH3 is 1. The molecule has 4 rings (SSSR count). The van der Waals surface area contributed by atoms with Gasteiger partial charge in [0, 0.05) is 18.1 Å². The number of imidazole rings is 1. The van der Waals surface area contributed by atoms with Crippen LogP contribution in [0.1, 0.15) is 11.3 Å². The Balaban J connectivity index is 1.60. The molecule has 0 saturated heterocycles. The van der Waals surface area contributed by atoms with Crippen LogP contribution in [-0.4, -0.2) is 36.7 Å². The van der Waals surface area contributed by atoms with E-state index in [0.29, 0.717) is 10.9 Å². The average molecular weight is 352 g/mol. The van der Waals surface area contributed by atoms with Crippen molar-refractivity contribution in [3.8, 4) is 11.4 Å². The predicted octanol–water partition coefficient (Wildman–Crippen LogP) is 2.92. The normalized spacial score (nSPS) is 11.1. The molecule has 0 radical (unpaired) electrons. The highest BCUT2D eigenvalue weighted by atomic mass is 32.2. The molecule has 0 unspecified atom stereocenters. The minimum atomic E-state index is 0.677. The second-order valence-electron chi connectivity index (χ2n) is 5.49. The van der Waals surface area contributed by atoms with E-state index in [2.05, 4.69) is 33.5 Å². The molecule has 25 heavy (non-hydrogen) atoms. The molecule has 0 aliphatic heterocycles. The maximum absolute atomic E-state index is 5.40. The van der Waals surface area contributed by atoms with Crippen LogP contribution in [-0.2, 0) is 5.75 Å². The van der Waals surface area contributed by atoms with Gasteiger partial charge in [-0.2, -0.15) is 4.68 Å². The van der Waals surface area contributed by atoms with Crippen molar-refractivity contribution in [1.29, 1.82) is 0 Å². The van der Waals surface area contributed by atoms with Gasteiger partial charge in [0.2, 0.25) is 5.16 Å². The number of hydrogen-bond donors (Lipinski definition) is 0. The minimum absolute atomic E-state index is 0.677. The van der Waals surface area contributed by atoms with Gasteiger partial charge >= 0.3 is 0 Å². The first kappa shape index (κ1) is 15.6. The van der Waals surface area contributed by atoms with Gasteiger partial charge in [-0.25, -0.2) is 4.98 Å². The molecule has 7 nitrogen and oxygen atoms in total. The highest BCUT2D eigenvalue weighted by molar-refractivity contribution is 7.98. The van der Waals surface area contributed by atoms with Crippen molar-refractivity contribution >= 4 is 17.4 Å². The smallest absolute Gasteiger partial charge is 0.214 e. The third-order valence-electron chi connectivity index (χ3n) is 3.83. The standard InChI is InChI=1S/C17H16N6OS/c1-12-6-5-9-22-10-13(18-16(12)22)11-25-17-19-20-21-23(17)14-7-3-4-8-15(14)24-2/h3-10H,11H2,1-2H3. The van der Waals surface area contributed by atoms with Gasteiger partial charge < -0.3 is 9.14 Å². The topological polar surface area (TPSA) is 70.1 Å². The number of rotatable bonds is 5. The van der Waals surface area contributed by atoms with Crippen molar-refractivity contribution < 1.29 is 4.74 Å². The summed E-state index contributed by atoms with van der Waals surface area (Å²) in [6, 6.07) is 11.7. The van der Waals surface area contributed by atoms with Crippen LogP contribution in [0.25, 0.3) is 11.3 Å². The maximum Gasteiger partial charge on any atom is 0.214 e. The Morgan fingerprint density at radius 3 is 2.88 bits per heavy atom. The predicted molar refractivity (Wildman–Crippen MR) is 95.2 cm³/mol. The molecule has 1 aromatic carbocycles. The van der Waals surface area contributed by atoms with E-state index >= 15 is 0 Å². The fraction of sp³-hybridized carbons (Fsp3) is 0.176. The average Bonchev–Trinajstić information content (AvgIpc) is 3.27. The van der Waals surface area contributed by atoms with Crippen molar-refractivity contribution in [2.24, 2.45) is 0 Å². The van der Waals surface area contributed by atoms with Crippen LogP contribution < -0.4 is 4.74 Å². The second-order valence-corrected chi connectivity index (χ2v) is 6.43. The van der Waals surface area contributed by atoms with Gasteiger partial charge in [-0.1, -0.05) is 30.0 Å². The summed E-state index contributed by atoms with van der Waals surface area (Å²) in [7, 11) is 1.63. The van der Waals surface area contributed by atoms with Gasteiger partial charge in [-0.05, 0) is 41.1 Å². The molecule has 4 aromatic rings. The fourth-order valence-electron chi connectivity index (χ4n) is 2.64. The minimum Gasteiger partial charge on any atom is -0.494 e. The summed E-state index contributed by atoms with van der Waals surface area (Å²) in [6.07, 6.45) is 4.04. The molecule has 0 fully saturated rings. The number of fused-ring (bicyclic) bond motifs is 1. The Kier molecular flexibility index (Phi) is 4.10. The molecule has 0 N–H and O–H groups in total. The number of hydrogen-bond acceptors (Lipinski definition) is 6. The molecule has 8 heteroatoms. The molecule has 0 aliphatic carbocycles. The Morgan fingerprint density at radius 2 is 2.04 bits per heavy atom. The number of benzene rings is 1. The number of nitrogens with zero attached hydrogens (tertiary/aromatic N) is 6. The Morgan fingerprint density at radius 1 is 1.16 bits per heavy atom. The van der Waals surface area contributed by atoms with Crippen molar-refractivity contribution in [2.75, 3.05) is 7.11 Å². The summed E-state index contributed by atoms with van der Waals surface area (Å²) >= 11 is 1.54. The summed E-state index contributed by atoms with van der Waals surface area (Å²) < 4.78 is 9.12. The van der Waals surface area contributed by atoms with Crippen molar-refractivity contribution in [3.05, 3.63) is 60.0 Å². The molecule has 0 amide bonds. The van der Waals surface area contributed by atoms with Crippen LogP contribution in [0.5, 0.6) is 5.75 Å². The quantitative estimate of drug-likeness (QED) is 0.514. The summed E-state index contributed by atoms with van der Waals surface area (Å²) in [5, 5.41) is 12.7. The van der Waals surface area contributed by atoms with E-state index in [1.807, 2.05) is 47.1 Å². The summed E-state index contributed by atoms with van der Waals surface area (Å²) in [5.74, 6) is 1.40. The number of pyridine rings is 1. The lowest BCUT2D eigenvalue weighted by atomic mass is 10.3. The first-order valence-electron chi connectivity index (χ1n) is 7.74. The second kappa shape index (κ2) is 6.56. The first-order chi connectivity index (χ1) is 12.3. The van der Waals surface area contributed by atoms with Crippen LogP contribution in [0.3, 0.4) is 0 Å².